The van der Waals surface area contributed by atoms with E-state index in [1.807, 2.05) is 25.1 Å². The molecule has 0 amide bonds. The number of aromatic nitrogens is 1. The highest BCUT2D eigenvalue weighted by Crippen LogP contribution is 2.34. The lowest BCUT2D eigenvalue weighted by molar-refractivity contribution is 0.171. The van der Waals surface area contributed by atoms with Crippen LogP contribution in [0.15, 0.2) is 76.4 Å². The summed E-state index contributed by atoms with van der Waals surface area (Å²) < 4.78 is 53.3. The van der Waals surface area contributed by atoms with Crippen molar-refractivity contribution in [2.75, 3.05) is 13.2 Å². The van der Waals surface area contributed by atoms with Crippen LogP contribution in [0.5, 0.6) is 11.5 Å². The van der Waals surface area contributed by atoms with Crippen molar-refractivity contribution in [3.05, 3.63) is 99.6 Å². The first-order valence-corrected chi connectivity index (χ1v) is 12.5. The molecule has 0 aliphatic carbocycles. The van der Waals surface area contributed by atoms with Gasteiger partial charge < -0.3 is 14.5 Å². The average molecular weight is 495 g/mol. The Morgan fingerprint density at radius 3 is 2.46 bits per heavy atom. The van der Waals surface area contributed by atoms with Crippen LogP contribution in [0.25, 0.3) is 10.9 Å². The molecule has 7 nitrogen and oxygen atoms in total. The molecule has 0 spiro atoms. The van der Waals surface area contributed by atoms with Gasteiger partial charge in [-0.05, 0) is 53.8 Å². The maximum absolute atomic E-state index is 13.8. The molecule has 1 N–H and O–H groups in total. The quantitative estimate of drug-likeness (QED) is 0.435. The number of ether oxygens (including phenoxy) is 2. The van der Waals surface area contributed by atoms with E-state index >= 15 is 0 Å². The molecule has 35 heavy (non-hydrogen) atoms. The van der Waals surface area contributed by atoms with Crippen molar-refractivity contribution in [2.24, 2.45) is 0 Å². The predicted octanol–water partition coefficient (Wildman–Crippen LogP) is 4.14. The monoisotopic (exact) mass is 494 g/mol. The van der Waals surface area contributed by atoms with Crippen LogP contribution in [0.1, 0.15) is 16.7 Å². The predicted molar refractivity (Wildman–Crippen MR) is 130 cm³/mol. The molecule has 0 saturated heterocycles. The Labute approximate surface area is 201 Å². The number of aromatic amines is 1. The lowest BCUT2D eigenvalue weighted by Crippen LogP contribution is -2.32. The summed E-state index contributed by atoms with van der Waals surface area (Å²) in [5.74, 6) is 0.399. The van der Waals surface area contributed by atoms with E-state index in [4.69, 9.17) is 9.47 Å². The molecular formula is C26H23FN2O5S. The summed E-state index contributed by atoms with van der Waals surface area (Å²) in [6.07, 6.45) is 0. The molecule has 5 rings (SSSR count). The standard InChI is InChI=1S/C26H23FN2O5S/c1-17-3-2-4-19-13-20(26(30)28-25(17)19)16-29(15-18-5-7-21(27)8-6-18)35(31,32)22-9-10-23-24(14-22)34-12-11-33-23/h2-10,13-14H,11-12,15-16H2,1H3,(H,28,30). The van der Waals surface area contributed by atoms with Gasteiger partial charge >= 0.3 is 0 Å². The topological polar surface area (TPSA) is 88.7 Å². The van der Waals surface area contributed by atoms with Crippen LogP contribution in [0.2, 0.25) is 0 Å². The second-order valence-electron chi connectivity index (χ2n) is 8.37. The molecule has 0 atom stereocenters. The maximum Gasteiger partial charge on any atom is 0.252 e. The Balaban J connectivity index is 1.57. The number of nitrogens with one attached hydrogen (secondary N) is 1. The first-order valence-electron chi connectivity index (χ1n) is 11.1. The summed E-state index contributed by atoms with van der Waals surface area (Å²) in [6, 6.07) is 17.4. The molecule has 0 unspecified atom stereocenters. The number of benzene rings is 3. The Morgan fingerprint density at radius 1 is 0.943 bits per heavy atom. The normalized spacial score (nSPS) is 13.3. The van der Waals surface area contributed by atoms with Crippen molar-refractivity contribution < 1.29 is 22.3 Å². The van der Waals surface area contributed by atoms with E-state index in [2.05, 4.69) is 4.98 Å². The van der Waals surface area contributed by atoms with E-state index < -0.39 is 15.8 Å². The fraction of sp³-hybridized carbons (Fsp3) is 0.192. The highest BCUT2D eigenvalue weighted by Gasteiger charge is 2.28. The summed E-state index contributed by atoms with van der Waals surface area (Å²) in [5.41, 5.74) is 2.14. The number of para-hydroxylation sites is 1. The van der Waals surface area contributed by atoms with E-state index in [1.165, 1.54) is 40.7 Å². The van der Waals surface area contributed by atoms with Gasteiger partial charge in [-0.3, -0.25) is 4.79 Å². The van der Waals surface area contributed by atoms with E-state index in [9.17, 15) is 17.6 Å². The van der Waals surface area contributed by atoms with Crippen LogP contribution in [0.4, 0.5) is 4.39 Å². The lowest BCUT2D eigenvalue weighted by Gasteiger charge is -2.24. The van der Waals surface area contributed by atoms with Crippen molar-refractivity contribution in [1.29, 1.82) is 0 Å². The minimum atomic E-state index is -4.07. The van der Waals surface area contributed by atoms with E-state index in [-0.39, 0.29) is 23.5 Å². The summed E-state index contributed by atoms with van der Waals surface area (Å²) in [7, 11) is -4.07. The smallest absolute Gasteiger partial charge is 0.252 e. The van der Waals surface area contributed by atoms with Crippen molar-refractivity contribution in [2.45, 2.75) is 24.9 Å². The fourth-order valence-corrected chi connectivity index (χ4v) is 5.51. The van der Waals surface area contributed by atoms with Crippen molar-refractivity contribution in [1.82, 2.24) is 9.29 Å². The van der Waals surface area contributed by atoms with E-state index in [1.54, 1.807) is 12.1 Å². The van der Waals surface area contributed by atoms with Crippen LogP contribution in [-0.4, -0.2) is 30.9 Å². The zero-order valence-corrected chi connectivity index (χ0v) is 19.8. The average Bonchev–Trinajstić information content (AvgIpc) is 2.85. The first-order chi connectivity index (χ1) is 16.8. The van der Waals surface area contributed by atoms with Crippen LogP contribution < -0.4 is 15.0 Å². The van der Waals surface area contributed by atoms with Crippen LogP contribution in [0.3, 0.4) is 0 Å². The number of hydrogen-bond donors (Lipinski definition) is 1. The molecule has 1 aliphatic rings. The fourth-order valence-electron chi connectivity index (χ4n) is 4.09. The minimum absolute atomic E-state index is 0.0110. The number of H-pyrrole nitrogens is 1. The van der Waals surface area contributed by atoms with Gasteiger partial charge in [-0.15, -0.1) is 0 Å². The largest absolute Gasteiger partial charge is 0.486 e. The first kappa shape index (κ1) is 23.1. The SMILES string of the molecule is Cc1cccc2cc(CN(Cc3ccc(F)cc3)S(=O)(=O)c3ccc4c(c3)OCCO4)c(=O)[nH]c12. The zero-order chi connectivity index (χ0) is 24.6. The third-order valence-corrected chi connectivity index (χ3v) is 7.72. The van der Waals surface area contributed by atoms with E-state index in [0.29, 0.717) is 41.4 Å². The summed E-state index contributed by atoms with van der Waals surface area (Å²) >= 11 is 0. The molecule has 180 valence electrons. The molecule has 9 heteroatoms. The van der Waals surface area contributed by atoms with Gasteiger partial charge in [0.1, 0.15) is 19.0 Å². The van der Waals surface area contributed by atoms with Crippen LogP contribution >= 0.6 is 0 Å². The number of sulfonamides is 1. The van der Waals surface area contributed by atoms with Gasteiger partial charge in [0.05, 0.1) is 10.4 Å². The minimum Gasteiger partial charge on any atom is -0.486 e. The van der Waals surface area contributed by atoms with Gasteiger partial charge in [0.15, 0.2) is 11.5 Å². The summed E-state index contributed by atoms with van der Waals surface area (Å²) in [6.45, 7) is 2.38. The van der Waals surface area contributed by atoms with Crippen LogP contribution in [0, 0.1) is 12.7 Å². The number of hydrogen-bond acceptors (Lipinski definition) is 5. The third kappa shape index (κ3) is 4.65. The number of rotatable bonds is 6. The second kappa shape index (κ2) is 9.16. The van der Waals surface area contributed by atoms with Crippen molar-refractivity contribution in [3.63, 3.8) is 0 Å². The number of pyridine rings is 1. The van der Waals surface area contributed by atoms with Crippen LogP contribution in [-0.2, 0) is 23.1 Å². The number of nitrogens with zero attached hydrogens (tertiary/aromatic N) is 1. The van der Waals surface area contributed by atoms with Gasteiger partial charge in [-0.25, -0.2) is 12.8 Å². The number of aryl methyl sites for hydroxylation is 1. The molecule has 1 aliphatic heterocycles. The molecule has 0 radical (unpaired) electrons. The van der Waals surface area contributed by atoms with E-state index in [0.717, 1.165) is 10.9 Å². The molecule has 2 heterocycles. The Kier molecular flexibility index (Phi) is 6.04. The summed E-state index contributed by atoms with van der Waals surface area (Å²) in [4.78, 5) is 15.8. The molecule has 4 aromatic rings. The van der Waals surface area contributed by atoms with Gasteiger partial charge in [-0.2, -0.15) is 4.31 Å². The van der Waals surface area contributed by atoms with Gasteiger partial charge in [0.25, 0.3) is 5.56 Å². The molecular weight excluding hydrogens is 471 g/mol. The molecule has 0 fully saturated rings. The van der Waals surface area contributed by atoms with Gasteiger partial charge in [0, 0.05) is 24.7 Å². The Morgan fingerprint density at radius 2 is 1.69 bits per heavy atom. The van der Waals surface area contributed by atoms with Crippen molar-refractivity contribution >= 4 is 20.9 Å². The molecule has 0 bridgehead atoms. The van der Waals surface area contributed by atoms with Crippen molar-refractivity contribution in [3.8, 4) is 11.5 Å². The van der Waals surface area contributed by atoms with Gasteiger partial charge in [0.2, 0.25) is 10.0 Å². The molecule has 1 aromatic heterocycles. The zero-order valence-electron chi connectivity index (χ0n) is 19.0. The molecule has 0 saturated carbocycles. The highest BCUT2D eigenvalue weighted by molar-refractivity contribution is 7.89. The maximum atomic E-state index is 13.8. The van der Waals surface area contributed by atoms with Gasteiger partial charge in [-0.1, -0.05) is 30.3 Å². The second-order valence-corrected chi connectivity index (χ2v) is 10.3. The Bertz CT molecular complexity index is 1570. The number of halogens is 1. The molecule has 3 aromatic carbocycles. The lowest BCUT2D eigenvalue weighted by atomic mass is 10.1. The number of fused-ring (bicyclic) bond motifs is 2. The third-order valence-electron chi connectivity index (χ3n) is 5.94. The Hall–Kier alpha value is -3.69. The summed E-state index contributed by atoms with van der Waals surface area (Å²) in [5, 5.41) is 0.804. The highest BCUT2D eigenvalue weighted by atomic mass is 32.2.